The van der Waals surface area contributed by atoms with Gasteiger partial charge in [0.25, 0.3) is 0 Å². The van der Waals surface area contributed by atoms with Crippen molar-refractivity contribution in [1.29, 1.82) is 0 Å². The Morgan fingerprint density at radius 1 is 0.638 bits per heavy atom. The predicted molar refractivity (Wildman–Crippen MR) is 193 cm³/mol. The molecule has 3 nitrogen and oxygen atoms in total. The topological polar surface area (TPSA) is 38.9 Å². The fraction of sp³-hybridized carbons (Fsp3) is 0.182. The van der Waals surface area contributed by atoms with Crippen molar-refractivity contribution in [2.45, 2.75) is 44.4 Å². The molecule has 0 aliphatic heterocycles. The zero-order chi connectivity index (χ0) is 31.7. The van der Waals surface area contributed by atoms with E-state index in [9.17, 15) is 0 Å². The average molecular weight is 607 g/mol. The molecule has 2 atom stereocenters. The zero-order valence-electron chi connectivity index (χ0n) is 27.0. The smallest absolute Gasteiger partial charge is 0.160 e. The first-order valence-electron chi connectivity index (χ1n) is 16.7. The molecule has 0 radical (unpaired) electrons. The number of hydrogen-bond donors (Lipinski definition) is 0. The lowest BCUT2D eigenvalue weighted by Gasteiger charge is -2.29. The maximum absolute atomic E-state index is 6.67. The van der Waals surface area contributed by atoms with Crippen molar-refractivity contribution in [2.24, 2.45) is 5.92 Å². The van der Waals surface area contributed by atoms with Gasteiger partial charge in [-0.15, -0.1) is 0 Å². The van der Waals surface area contributed by atoms with Crippen LogP contribution in [0.15, 0.2) is 126 Å². The number of furan rings is 1. The minimum absolute atomic E-state index is 0.0341. The highest BCUT2D eigenvalue weighted by Gasteiger charge is 2.44. The van der Waals surface area contributed by atoms with Crippen LogP contribution in [0.2, 0.25) is 0 Å². The molecule has 0 spiro atoms. The highest BCUT2D eigenvalue weighted by molar-refractivity contribution is 6.10. The predicted octanol–water partition coefficient (Wildman–Crippen LogP) is 11.3. The molecule has 5 aromatic carbocycles. The average Bonchev–Trinajstić information content (AvgIpc) is 3.67. The quantitative estimate of drug-likeness (QED) is 0.196. The van der Waals surface area contributed by atoms with Crippen molar-refractivity contribution in [1.82, 2.24) is 9.97 Å². The number of para-hydroxylation sites is 1. The van der Waals surface area contributed by atoms with Gasteiger partial charge < -0.3 is 4.42 Å². The molecule has 2 unspecified atom stereocenters. The number of allylic oxidation sites excluding steroid dienone is 4. The standard InChI is InChI=1S/C44H34N2O/c1-43(2)34-14-8-5-11-27(34)29-19-17-25(24-36(29)43)40-32-13-7-10-16-37(32)45-42(46-40)26-18-22-38-33(23-26)31-21-20-30-28-12-6-9-15-35(28)44(3,4)39(30)41(31)47-38/h5-24,27,34H,1-4H3. The van der Waals surface area contributed by atoms with E-state index in [0.717, 1.165) is 55.5 Å². The van der Waals surface area contributed by atoms with Gasteiger partial charge in [-0.1, -0.05) is 113 Å². The number of rotatable bonds is 2. The van der Waals surface area contributed by atoms with Crippen LogP contribution in [-0.2, 0) is 10.8 Å². The summed E-state index contributed by atoms with van der Waals surface area (Å²) in [6.07, 6.45) is 9.14. The molecule has 226 valence electrons. The van der Waals surface area contributed by atoms with Gasteiger partial charge in [0.05, 0.1) is 11.2 Å². The van der Waals surface area contributed by atoms with E-state index in [1.54, 1.807) is 0 Å². The molecule has 0 amide bonds. The molecule has 2 heterocycles. The van der Waals surface area contributed by atoms with Crippen LogP contribution in [0.3, 0.4) is 0 Å². The molecule has 3 aliphatic rings. The lowest BCUT2D eigenvalue weighted by molar-refractivity contribution is 0.394. The SMILES string of the molecule is CC1(C)c2ccccc2-c2ccc3c(oc4ccc(-c5nc(-c6ccc7c(c6)C(C)(C)C6C=CC=CC76)c6ccccc6n5)cc43)c21. The minimum Gasteiger partial charge on any atom is -0.456 e. The van der Waals surface area contributed by atoms with Gasteiger partial charge in [0.2, 0.25) is 0 Å². The zero-order valence-corrected chi connectivity index (χ0v) is 27.0. The fourth-order valence-electron chi connectivity index (χ4n) is 8.97. The molecule has 7 aromatic rings. The summed E-state index contributed by atoms with van der Waals surface area (Å²) in [4.78, 5) is 10.4. The third kappa shape index (κ3) is 3.57. The number of benzene rings is 5. The Morgan fingerprint density at radius 2 is 1.45 bits per heavy atom. The molecular weight excluding hydrogens is 572 g/mol. The monoisotopic (exact) mass is 606 g/mol. The Kier molecular flexibility index (Phi) is 5.24. The van der Waals surface area contributed by atoms with Crippen LogP contribution in [0.25, 0.3) is 66.6 Å². The van der Waals surface area contributed by atoms with Gasteiger partial charge in [0.15, 0.2) is 5.82 Å². The van der Waals surface area contributed by atoms with Gasteiger partial charge >= 0.3 is 0 Å². The van der Waals surface area contributed by atoms with Gasteiger partial charge in [-0.2, -0.15) is 0 Å². The molecule has 3 heteroatoms. The molecule has 47 heavy (non-hydrogen) atoms. The summed E-state index contributed by atoms with van der Waals surface area (Å²) in [5.41, 5.74) is 13.8. The maximum Gasteiger partial charge on any atom is 0.160 e. The largest absolute Gasteiger partial charge is 0.456 e. The van der Waals surface area contributed by atoms with Crippen molar-refractivity contribution in [3.05, 3.63) is 144 Å². The van der Waals surface area contributed by atoms with Gasteiger partial charge in [-0.05, 0) is 75.5 Å². The first-order chi connectivity index (χ1) is 22.8. The first kappa shape index (κ1) is 26.9. The van der Waals surface area contributed by atoms with E-state index < -0.39 is 0 Å². The van der Waals surface area contributed by atoms with Crippen molar-refractivity contribution in [2.75, 3.05) is 0 Å². The van der Waals surface area contributed by atoms with Crippen molar-refractivity contribution in [3.8, 4) is 33.8 Å². The molecule has 0 saturated carbocycles. The van der Waals surface area contributed by atoms with E-state index in [2.05, 4.69) is 149 Å². The van der Waals surface area contributed by atoms with E-state index in [4.69, 9.17) is 14.4 Å². The van der Waals surface area contributed by atoms with Gasteiger partial charge in [0, 0.05) is 44.2 Å². The van der Waals surface area contributed by atoms with E-state index in [1.807, 2.05) is 0 Å². The van der Waals surface area contributed by atoms with Crippen LogP contribution in [0.1, 0.15) is 55.9 Å². The molecule has 2 aromatic heterocycles. The lowest BCUT2D eigenvalue weighted by atomic mass is 9.74. The van der Waals surface area contributed by atoms with Gasteiger partial charge in [-0.3, -0.25) is 0 Å². The number of hydrogen-bond acceptors (Lipinski definition) is 3. The highest BCUT2D eigenvalue weighted by atomic mass is 16.3. The number of aromatic nitrogens is 2. The molecule has 0 saturated heterocycles. The van der Waals surface area contributed by atoms with E-state index in [-0.39, 0.29) is 10.8 Å². The van der Waals surface area contributed by atoms with Crippen molar-refractivity contribution >= 4 is 32.8 Å². The minimum atomic E-state index is -0.146. The third-order valence-electron chi connectivity index (χ3n) is 11.4. The molecule has 3 aliphatic carbocycles. The molecule has 0 fully saturated rings. The summed E-state index contributed by atoms with van der Waals surface area (Å²) in [6.45, 7) is 9.38. The van der Waals surface area contributed by atoms with Crippen LogP contribution in [0.4, 0.5) is 0 Å². The lowest BCUT2D eigenvalue weighted by Crippen LogP contribution is -2.24. The fourth-order valence-corrected chi connectivity index (χ4v) is 8.97. The summed E-state index contributed by atoms with van der Waals surface area (Å²) in [5, 5.41) is 3.29. The summed E-state index contributed by atoms with van der Waals surface area (Å²) in [7, 11) is 0. The summed E-state index contributed by atoms with van der Waals surface area (Å²) < 4.78 is 6.67. The summed E-state index contributed by atoms with van der Waals surface area (Å²) >= 11 is 0. The van der Waals surface area contributed by atoms with Crippen LogP contribution in [0, 0.1) is 5.92 Å². The Balaban J connectivity index is 1.14. The Morgan fingerprint density at radius 3 is 2.36 bits per heavy atom. The van der Waals surface area contributed by atoms with Crippen molar-refractivity contribution < 1.29 is 4.42 Å². The van der Waals surface area contributed by atoms with E-state index in [1.165, 1.54) is 33.4 Å². The number of nitrogens with zero attached hydrogens (tertiary/aromatic N) is 2. The summed E-state index contributed by atoms with van der Waals surface area (Å²) in [6, 6.07) is 35.0. The highest BCUT2D eigenvalue weighted by Crippen LogP contribution is 2.54. The third-order valence-corrected chi connectivity index (χ3v) is 11.4. The van der Waals surface area contributed by atoms with E-state index in [0.29, 0.717) is 11.8 Å². The molecular formula is C44H34N2O. The van der Waals surface area contributed by atoms with Crippen LogP contribution in [-0.4, -0.2) is 9.97 Å². The van der Waals surface area contributed by atoms with Crippen molar-refractivity contribution in [3.63, 3.8) is 0 Å². The second-order valence-electron chi connectivity index (χ2n) is 14.6. The van der Waals surface area contributed by atoms with Crippen LogP contribution < -0.4 is 0 Å². The molecule has 10 rings (SSSR count). The second kappa shape index (κ2) is 9.17. The maximum atomic E-state index is 6.67. The number of fused-ring (bicyclic) bond motifs is 11. The first-order valence-corrected chi connectivity index (χ1v) is 16.7. The van der Waals surface area contributed by atoms with Gasteiger partial charge in [-0.25, -0.2) is 9.97 Å². The normalized spacial score (nSPS) is 19.7. The molecule has 0 N–H and O–H groups in total. The van der Waals surface area contributed by atoms with Crippen LogP contribution >= 0.6 is 0 Å². The Labute approximate surface area is 274 Å². The molecule has 0 bridgehead atoms. The van der Waals surface area contributed by atoms with Crippen LogP contribution in [0.5, 0.6) is 0 Å². The summed E-state index contributed by atoms with van der Waals surface area (Å²) in [5.74, 6) is 1.62. The Hall–Kier alpha value is -5.28. The van der Waals surface area contributed by atoms with Gasteiger partial charge in [0.1, 0.15) is 11.2 Å². The second-order valence-corrected chi connectivity index (χ2v) is 14.6. The Bertz CT molecular complexity index is 2540. The van der Waals surface area contributed by atoms with E-state index >= 15 is 0 Å².